The molecule has 0 radical (unpaired) electrons. The van der Waals surface area contributed by atoms with Crippen molar-refractivity contribution < 1.29 is 0 Å². The van der Waals surface area contributed by atoms with Crippen molar-refractivity contribution in [2.75, 3.05) is 0 Å². The van der Waals surface area contributed by atoms with Gasteiger partial charge in [-0.15, -0.1) is 0 Å². The molecule has 0 saturated carbocycles. The zero-order valence-corrected chi connectivity index (χ0v) is 15.5. The number of aryl methyl sites for hydroxylation is 1. The molecule has 24 heavy (non-hydrogen) atoms. The molecule has 0 heteroatoms. The van der Waals surface area contributed by atoms with Gasteiger partial charge >= 0.3 is 0 Å². The summed E-state index contributed by atoms with van der Waals surface area (Å²) in [6, 6.07) is 16.0. The summed E-state index contributed by atoms with van der Waals surface area (Å²) in [5.74, 6) is 0. The number of allylic oxidation sites excluding steroid dienone is 2. The number of fused-ring (bicyclic) bond motifs is 1. The molecule has 0 heterocycles. The van der Waals surface area contributed by atoms with Gasteiger partial charge in [0.1, 0.15) is 0 Å². The Hall–Kier alpha value is -1.82. The van der Waals surface area contributed by atoms with Crippen molar-refractivity contribution in [3.8, 4) is 0 Å². The van der Waals surface area contributed by atoms with E-state index in [1.807, 2.05) is 0 Å². The summed E-state index contributed by atoms with van der Waals surface area (Å²) < 4.78 is 0. The largest absolute Gasteiger partial charge is 0.0651 e. The molecule has 0 saturated heterocycles. The van der Waals surface area contributed by atoms with Crippen LogP contribution in [0.3, 0.4) is 0 Å². The van der Waals surface area contributed by atoms with Gasteiger partial charge in [-0.05, 0) is 64.6 Å². The third-order valence-corrected chi connectivity index (χ3v) is 5.19. The Morgan fingerprint density at radius 2 is 1.42 bits per heavy atom. The molecular formula is C24H30. The summed E-state index contributed by atoms with van der Waals surface area (Å²) in [7, 11) is 0. The van der Waals surface area contributed by atoms with Gasteiger partial charge in [-0.3, -0.25) is 0 Å². The lowest BCUT2D eigenvalue weighted by Crippen LogP contribution is -2.01. The molecule has 0 bridgehead atoms. The highest BCUT2D eigenvalue weighted by Crippen LogP contribution is 2.42. The second-order valence-electron chi connectivity index (χ2n) is 6.98. The van der Waals surface area contributed by atoms with Crippen LogP contribution >= 0.6 is 0 Å². The summed E-state index contributed by atoms with van der Waals surface area (Å²) in [5.41, 5.74) is 10.9. The highest BCUT2D eigenvalue weighted by Gasteiger charge is 2.23. The maximum absolute atomic E-state index is 2.38. The van der Waals surface area contributed by atoms with Gasteiger partial charge in [-0.2, -0.15) is 0 Å². The molecular weight excluding hydrogens is 288 g/mol. The van der Waals surface area contributed by atoms with E-state index in [1.54, 1.807) is 22.3 Å². The second kappa shape index (κ2) is 7.83. The monoisotopic (exact) mass is 318 g/mol. The number of rotatable bonds is 7. The molecule has 126 valence electrons. The van der Waals surface area contributed by atoms with Crippen LogP contribution < -0.4 is 0 Å². The van der Waals surface area contributed by atoms with E-state index < -0.39 is 0 Å². The first kappa shape index (κ1) is 17.0. The maximum Gasteiger partial charge on any atom is -0.00107 e. The van der Waals surface area contributed by atoms with Crippen LogP contribution in [0.25, 0.3) is 11.1 Å². The zero-order valence-electron chi connectivity index (χ0n) is 15.5. The summed E-state index contributed by atoms with van der Waals surface area (Å²) in [6.07, 6.45) is 8.36. The van der Waals surface area contributed by atoms with E-state index in [2.05, 4.69) is 63.2 Å². The minimum absolute atomic E-state index is 1.11. The number of benzene rings is 2. The van der Waals surface area contributed by atoms with E-state index in [-0.39, 0.29) is 0 Å². The van der Waals surface area contributed by atoms with Crippen molar-refractivity contribution in [1.82, 2.24) is 0 Å². The molecule has 0 atom stereocenters. The Bertz CT molecular complexity index is 733. The molecule has 2 aromatic rings. The topological polar surface area (TPSA) is 0 Å². The predicted octanol–water partition coefficient (Wildman–Crippen LogP) is 6.86. The Morgan fingerprint density at radius 1 is 0.708 bits per heavy atom. The summed E-state index contributed by atoms with van der Waals surface area (Å²) in [4.78, 5) is 0. The van der Waals surface area contributed by atoms with Gasteiger partial charge < -0.3 is 0 Å². The van der Waals surface area contributed by atoms with Gasteiger partial charge in [-0.25, -0.2) is 0 Å². The molecule has 3 rings (SSSR count). The van der Waals surface area contributed by atoms with Crippen LogP contribution in [0.15, 0.2) is 42.5 Å². The lowest BCUT2D eigenvalue weighted by molar-refractivity contribution is 0.857. The predicted molar refractivity (Wildman–Crippen MR) is 106 cm³/mol. The maximum atomic E-state index is 2.38. The molecule has 0 fully saturated rings. The molecule has 0 aliphatic heterocycles. The van der Waals surface area contributed by atoms with Gasteiger partial charge in [0.05, 0.1) is 0 Å². The van der Waals surface area contributed by atoms with Gasteiger partial charge in [0.25, 0.3) is 0 Å². The molecule has 0 nitrogen and oxygen atoms in total. The fourth-order valence-electron chi connectivity index (χ4n) is 4.19. The molecule has 0 spiro atoms. The Balaban J connectivity index is 2.13. The van der Waals surface area contributed by atoms with Crippen molar-refractivity contribution in [3.63, 3.8) is 0 Å². The van der Waals surface area contributed by atoms with Crippen LogP contribution in [-0.4, -0.2) is 0 Å². The van der Waals surface area contributed by atoms with Crippen molar-refractivity contribution in [1.29, 1.82) is 0 Å². The van der Waals surface area contributed by atoms with E-state index in [4.69, 9.17) is 0 Å². The molecule has 1 aliphatic carbocycles. The summed E-state index contributed by atoms with van der Waals surface area (Å²) in [6.45, 7) is 6.89. The zero-order chi connectivity index (χ0) is 16.9. The lowest BCUT2D eigenvalue weighted by Gasteiger charge is -2.17. The first-order valence-corrected chi connectivity index (χ1v) is 9.71. The third-order valence-electron chi connectivity index (χ3n) is 5.19. The average Bonchev–Trinajstić information content (AvgIpc) is 2.96. The Morgan fingerprint density at radius 3 is 2.17 bits per heavy atom. The van der Waals surface area contributed by atoms with E-state index in [0.717, 1.165) is 6.42 Å². The molecule has 1 aliphatic rings. The van der Waals surface area contributed by atoms with Crippen molar-refractivity contribution in [2.24, 2.45) is 0 Å². The quantitative estimate of drug-likeness (QED) is 0.523. The van der Waals surface area contributed by atoms with Crippen molar-refractivity contribution in [3.05, 3.63) is 70.3 Å². The summed E-state index contributed by atoms with van der Waals surface area (Å²) in [5, 5.41) is 0. The first-order valence-electron chi connectivity index (χ1n) is 9.71. The molecule has 0 aromatic heterocycles. The lowest BCUT2D eigenvalue weighted by atomic mass is 9.88. The van der Waals surface area contributed by atoms with Crippen LogP contribution in [0.1, 0.15) is 74.3 Å². The highest BCUT2D eigenvalue weighted by molar-refractivity contribution is 5.97. The van der Waals surface area contributed by atoms with E-state index in [0.29, 0.717) is 0 Å². The van der Waals surface area contributed by atoms with Crippen molar-refractivity contribution >= 4 is 11.1 Å². The number of hydrogen-bond donors (Lipinski definition) is 0. The molecule has 0 N–H and O–H groups in total. The fraction of sp³-hybridized carbons (Fsp3) is 0.417. The van der Waals surface area contributed by atoms with Gasteiger partial charge in [0.2, 0.25) is 0 Å². The molecule has 2 aromatic carbocycles. The third kappa shape index (κ3) is 3.20. The SMILES string of the molecule is CCCC1=C(c2cccc(CCC)c2CCC)Cc2ccccc21. The van der Waals surface area contributed by atoms with Gasteiger partial charge in [0, 0.05) is 0 Å². The van der Waals surface area contributed by atoms with E-state index in [1.165, 1.54) is 55.2 Å². The van der Waals surface area contributed by atoms with Gasteiger partial charge in [0.15, 0.2) is 0 Å². The van der Waals surface area contributed by atoms with Crippen LogP contribution in [0.2, 0.25) is 0 Å². The number of hydrogen-bond acceptors (Lipinski definition) is 0. The standard InChI is InChI=1S/C24H30/c1-4-10-18-14-9-16-23(20(18)11-5-2)24-17-19-13-7-8-15-21(19)22(24)12-6-3/h7-9,13-16H,4-6,10-12,17H2,1-3H3. The van der Waals surface area contributed by atoms with Gasteiger partial charge in [-0.1, -0.05) is 82.5 Å². The second-order valence-corrected chi connectivity index (χ2v) is 6.98. The average molecular weight is 319 g/mol. The van der Waals surface area contributed by atoms with E-state index in [9.17, 15) is 0 Å². The first-order chi connectivity index (χ1) is 11.8. The highest BCUT2D eigenvalue weighted by atomic mass is 14.3. The van der Waals surface area contributed by atoms with Crippen molar-refractivity contribution in [2.45, 2.75) is 65.7 Å². The molecule has 0 unspecified atom stereocenters. The fourth-order valence-corrected chi connectivity index (χ4v) is 4.19. The summed E-state index contributed by atoms with van der Waals surface area (Å²) >= 11 is 0. The molecule has 0 amide bonds. The van der Waals surface area contributed by atoms with Crippen LogP contribution in [0, 0.1) is 0 Å². The van der Waals surface area contributed by atoms with Crippen LogP contribution in [0.5, 0.6) is 0 Å². The smallest absolute Gasteiger partial charge is 0.00107 e. The van der Waals surface area contributed by atoms with E-state index >= 15 is 0 Å². The minimum Gasteiger partial charge on any atom is -0.0651 e. The van der Waals surface area contributed by atoms with Crippen LogP contribution in [-0.2, 0) is 19.3 Å². The van der Waals surface area contributed by atoms with Crippen LogP contribution in [0.4, 0.5) is 0 Å². The minimum atomic E-state index is 1.11. The normalized spacial score (nSPS) is 13.5. The Labute approximate surface area is 147 Å². The Kier molecular flexibility index (Phi) is 5.56.